The van der Waals surface area contributed by atoms with Gasteiger partial charge in [0.05, 0.1) is 18.1 Å². The van der Waals surface area contributed by atoms with Crippen molar-refractivity contribution in [3.05, 3.63) is 65.7 Å². The maximum atomic E-state index is 12.7. The van der Waals surface area contributed by atoms with E-state index in [0.717, 1.165) is 31.6 Å². The lowest BCUT2D eigenvalue weighted by molar-refractivity contribution is -0.121. The molecule has 172 valence electrons. The van der Waals surface area contributed by atoms with Crippen molar-refractivity contribution in [2.24, 2.45) is 0 Å². The Bertz CT molecular complexity index is 990. The van der Waals surface area contributed by atoms with E-state index >= 15 is 0 Å². The van der Waals surface area contributed by atoms with Gasteiger partial charge in [-0.2, -0.15) is 4.31 Å². The number of morpholine rings is 1. The molecule has 0 saturated carbocycles. The van der Waals surface area contributed by atoms with E-state index in [1.807, 2.05) is 6.07 Å². The minimum absolute atomic E-state index is 0.0431. The van der Waals surface area contributed by atoms with Gasteiger partial charge in [-0.15, -0.1) is 0 Å². The number of benzene rings is 2. The van der Waals surface area contributed by atoms with Crippen LogP contribution >= 0.6 is 0 Å². The van der Waals surface area contributed by atoms with E-state index in [2.05, 4.69) is 34.5 Å². The summed E-state index contributed by atoms with van der Waals surface area (Å²) in [6, 6.07) is 17.4. The van der Waals surface area contributed by atoms with Crippen LogP contribution in [-0.4, -0.2) is 69.0 Å². The number of carbonyl (C=O) groups excluding carboxylic acids is 1. The van der Waals surface area contributed by atoms with Gasteiger partial charge in [0.25, 0.3) is 0 Å². The number of nitrogens with zero attached hydrogens (tertiary/aromatic N) is 2. The standard InChI is InChI=1S/C24H31N3O4S/c28-24(25-22-12-13-26(19-22)18-21-4-2-1-3-5-21)11-8-20-6-9-23(10-7-20)32(29,30)27-14-16-31-17-15-27/h1-7,9-10,22H,8,11-19H2,(H,25,28)/t22-/m0/s1. The first kappa shape index (κ1) is 22.9. The second-order valence-corrected chi connectivity index (χ2v) is 10.4. The molecule has 0 aliphatic carbocycles. The smallest absolute Gasteiger partial charge is 0.243 e. The molecule has 1 amide bonds. The van der Waals surface area contributed by atoms with Gasteiger partial charge in [0, 0.05) is 45.2 Å². The van der Waals surface area contributed by atoms with Gasteiger partial charge in [-0.05, 0) is 36.1 Å². The molecule has 2 aliphatic rings. The highest BCUT2D eigenvalue weighted by Gasteiger charge is 2.26. The summed E-state index contributed by atoms with van der Waals surface area (Å²) in [6.45, 7) is 4.39. The van der Waals surface area contributed by atoms with Gasteiger partial charge in [-0.1, -0.05) is 42.5 Å². The van der Waals surface area contributed by atoms with E-state index in [-0.39, 0.29) is 16.8 Å². The number of rotatable bonds is 8. The summed E-state index contributed by atoms with van der Waals surface area (Å²) in [5.41, 5.74) is 2.25. The number of hydrogen-bond acceptors (Lipinski definition) is 5. The summed E-state index contributed by atoms with van der Waals surface area (Å²) >= 11 is 0. The molecule has 4 rings (SSSR count). The third-order valence-electron chi connectivity index (χ3n) is 6.06. The molecule has 32 heavy (non-hydrogen) atoms. The molecule has 2 aromatic carbocycles. The highest BCUT2D eigenvalue weighted by molar-refractivity contribution is 7.89. The van der Waals surface area contributed by atoms with Gasteiger partial charge in [-0.3, -0.25) is 9.69 Å². The zero-order chi connectivity index (χ0) is 22.4. The highest BCUT2D eigenvalue weighted by Crippen LogP contribution is 2.18. The van der Waals surface area contributed by atoms with Crippen molar-refractivity contribution >= 4 is 15.9 Å². The largest absolute Gasteiger partial charge is 0.379 e. The number of ether oxygens (including phenoxy) is 1. The van der Waals surface area contributed by atoms with E-state index in [0.29, 0.717) is 39.1 Å². The molecular formula is C24H31N3O4S. The van der Waals surface area contributed by atoms with Gasteiger partial charge in [0.2, 0.25) is 15.9 Å². The van der Waals surface area contributed by atoms with Crippen molar-refractivity contribution in [3.8, 4) is 0 Å². The Hall–Kier alpha value is -2.26. The Morgan fingerprint density at radius 1 is 0.969 bits per heavy atom. The van der Waals surface area contributed by atoms with Crippen LogP contribution in [0.5, 0.6) is 0 Å². The molecule has 7 nitrogen and oxygen atoms in total. The van der Waals surface area contributed by atoms with E-state index in [1.54, 1.807) is 24.3 Å². The Morgan fingerprint density at radius 2 is 1.69 bits per heavy atom. The summed E-state index contributed by atoms with van der Waals surface area (Å²) < 4.78 is 32.1. The summed E-state index contributed by atoms with van der Waals surface area (Å²) in [5.74, 6) is 0.0431. The third-order valence-corrected chi connectivity index (χ3v) is 7.97. The van der Waals surface area contributed by atoms with Gasteiger partial charge in [0.15, 0.2) is 0 Å². The van der Waals surface area contributed by atoms with Crippen molar-refractivity contribution in [2.45, 2.75) is 36.7 Å². The summed E-state index contributed by atoms with van der Waals surface area (Å²) in [6.07, 6.45) is 1.95. The highest BCUT2D eigenvalue weighted by atomic mass is 32.2. The van der Waals surface area contributed by atoms with Crippen LogP contribution in [0.25, 0.3) is 0 Å². The second kappa shape index (κ2) is 10.6. The molecule has 2 aliphatic heterocycles. The Labute approximate surface area is 190 Å². The molecule has 1 atom stereocenters. The molecule has 2 fully saturated rings. The van der Waals surface area contributed by atoms with Gasteiger partial charge in [0.1, 0.15) is 0 Å². The van der Waals surface area contributed by atoms with Crippen LogP contribution < -0.4 is 5.32 Å². The fraction of sp³-hybridized carbons (Fsp3) is 0.458. The molecule has 0 aromatic heterocycles. The maximum Gasteiger partial charge on any atom is 0.243 e. The molecular weight excluding hydrogens is 426 g/mol. The lowest BCUT2D eigenvalue weighted by Gasteiger charge is -2.26. The van der Waals surface area contributed by atoms with Gasteiger partial charge < -0.3 is 10.1 Å². The molecule has 8 heteroatoms. The van der Waals surface area contributed by atoms with Crippen LogP contribution in [0.2, 0.25) is 0 Å². The van der Waals surface area contributed by atoms with E-state index in [4.69, 9.17) is 4.74 Å². The quantitative estimate of drug-likeness (QED) is 0.656. The molecule has 2 heterocycles. The van der Waals surface area contributed by atoms with E-state index in [1.165, 1.54) is 9.87 Å². The fourth-order valence-corrected chi connectivity index (χ4v) is 5.67. The third kappa shape index (κ3) is 5.95. The number of aryl methyl sites for hydroxylation is 1. The Morgan fingerprint density at radius 3 is 2.41 bits per heavy atom. The minimum Gasteiger partial charge on any atom is -0.379 e. The van der Waals surface area contributed by atoms with E-state index in [9.17, 15) is 13.2 Å². The van der Waals surface area contributed by atoms with Crippen LogP contribution in [0.1, 0.15) is 24.0 Å². The summed E-state index contributed by atoms with van der Waals surface area (Å²) in [5, 5.41) is 3.15. The molecule has 0 bridgehead atoms. The van der Waals surface area contributed by atoms with Crippen LogP contribution in [0, 0.1) is 0 Å². The second-order valence-electron chi connectivity index (χ2n) is 8.43. The number of amides is 1. The maximum absolute atomic E-state index is 12.7. The molecule has 2 saturated heterocycles. The number of likely N-dealkylation sites (tertiary alicyclic amines) is 1. The molecule has 0 unspecified atom stereocenters. The SMILES string of the molecule is O=C(CCc1ccc(S(=O)(=O)N2CCOCC2)cc1)N[C@H]1CCN(Cc2ccccc2)C1. The summed E-state index contributed by atoms with van der Waals surface area (Å²) in [7, 11) is -3.48. The molecule has 0 radical (unpaired) electrons. The topological polar surface area (TPSA) is 79.0 Å². The van der Waals surface area contributed by atoms with Crippen molar-refractivity contribution in [2.75, 3.05) is 39.4 Å². The first-order valence-electron chi connectivity index (χ1n) is 11.2. The predicted molar refractivity (Wildman–Crippen MR) is 123 cm³/mol. The van der Waals surface area contributed by atoms with Crippen molar-refractivity contribution < 1.29 is 17.9 Å². The fourth-order valence-electron chi connectivity index (χ4n) is 4.26. The number of carbonyl (C=O) groups is 1. The van der Waals surface area contributed by atoms with Crippen LogP contribution in [0.3, 0.4) is 0 Å². The lowest BCUT2D eigenvalue weighted by Crippen LogP contribution is -2.40. The van der Waals surface area contributed by atoms with Crippen LogP contribution in [-0.2, 0) is 32.5 Å². The van der Waals surface area contributed by atoms with Gasteiger partial charge >= 0.3 is 0 Å². The average Bonchev–Trinajstić information content (AvgIpc) is 3.25. The zero-order valence-corrected chi connectivity index (χ0v) is 19.1. The minimum atomic E-state index is -3.48. The van der Waals surface area contributed by atoms with Crippen LogP contribution in [0.15, 0.2) is 59.5 Å². The zero-order valence-electron chi connectivity index (χ0n) is 18.3. The normalized spacial score (nSPS) is 20.3. The Balaban J connectivity index is 1.22. The van der Waals surface area contributed by atoms with Crippen molar-refractivity contribution in [1.82, 2.24) is 14.5 Å². The van der Waals surface area contributed by atoms with Crippen LogP contribution in [0.4, 0.5) is 0 Å². The van der Waals surface area contributed by atoms with Gasteiger partial charge in [-0.25, -0.2) is 8.42 Å². The van der Waals surface area contributed by atoms with E-state index < -0.39 is 10.0 Å². The molecule has 2 aromatic rings. The number of nitrogens with one attached hydrogen (secondary N) is 1. The average molecular weight is 458 g/mol. The molecule has 0 spiro atoms. The summed E-state index contributed by atoms with van der Waals surface area (Å²) in [4.78, 5) is 15.1. The lowest BCUT2D eigenvalue weighted by atomic mass is 10.1. The molecule has 1 N–H and O–H groups in total. The monoisotopic (exact) mass is 457 g/mol. The van der Waals surface area contributed by atoms with Crippen molar-refractivity contribution in [1.29, 1.82) is 0 Å². The number of sulfonamides is 1. The number of hydrogen-bond donors (Lipinski definition) is 1. The first-order chi connectivity index (χ1) is 15.5. The Kier molecular flexibility index (Phi) is 7.57. The first-order valence-corrected chi connectivity index (χ1v) is 12.7. The predicted octanol–water partition coefficient (Wildman–Crippen LogP) is 2.03. The van der Waals surface area contributed by atoms with Crippen molar-refractivity contribution in [3.63, 3.8) is 0 Å².